The maximum Gasteiger partial charge on any atom is 0.321 e. The number of rotatable bonds is 5. The van der Waals surface area contributed by atoms with Crippen molar-refractivity contribution in [2.45, 2.75) is 31.1 Å². The summed E-state index contributed by atoms with van der Waals surface area (Å²) < 4.78 is 28.2. The van der Waals surface area contributed by atoms with Gasteiger partial charge in [-0.1, -0.05) is 38.1 Å². The van der Waals surface area contributed by atoms with Crippen molar-refractivity contribution in [3.8, 4) is 0 Å². The first-order valence-corrected chi connectivity index (χ1v) is 12.0. The first kappa shape index (κ1) is 21.8. The molecular formula is C21H26BrN3O3S. The van der Waals surface area contributed by atoms with Crippen LogP contribution >= 0.6 is 15.9 Å². The number of anilines is 1. The van der Waals surface area contributed by atoms with Crippen LogP contribution in [0.15, 0.2) is 57.9 Å². The van der Waals surface area contributed by atoms with E-state index in [1.54, 1.807) is 17.0 Å². The van der Waals surface area contributed by atoms with Gasteiger partial charge in [0.1, 0.15) is 0 Å². The summed E-state index contributed by atoms with van der Waals surface area (Å²) in [5.74, 6) is 0.401. The molecule has 0 bridgehead atoms. The van der Waals surface area contributed by atoms with Crippen LogP contribution < -0.4 is 5.32 Å². The van der Waals surface area contributed by atoms with Gasteiger partial charge in [-0.3, -0.25) is 0 Å². The number of carbonyl (C=O) groups excluding carboxylic acids is 1. The molecule has 0 aromatic heterocycles. The van der Waals surface area contributed by atoms with E-state index in [0.717, 1.165) is 16.5 Å². The molecule has 2 aromatic rings. The first-order valence-electron chi connectivity index (χ1n) is 9.73. The molecule has 0 spiro atoms. The molecule has 3 rings (SSSR count). The third-order valence-electron chi connectivity index (χ3n) is 5.34. The standard InChI is InChI=1S/C21H26BrN3O3S/c1-3-16(2)17-8-10-18(11-9-17)29(27,28)25-14-12-24(13-15-25)21(26)23-20-7-5-4-6-19(20)22/h4-11,16H,3,12-15H2,1-2H3,(H,23,26)/t16-/m1/s1. The highest BCUT2D eigenvalue weighted by atomic mass is 79.9. The van der Waals surface area contributed by atoms with Gasteiger partial charge in [0.15, 0.2) is 0 Å². The molecule has 2 aromatic carbocycles. The summed E-state index contributed by atoms with van der Waals surface area (Å²) >= 11 is 3.41. The fourth-order valence-corrected chi connectivity index (χ4v) is 5.05. The minimum atomic E-state index is -3.56. The summed E-state index contributed by atoms with van der Waals surface area (Å²) in [6.07, 6.45) is 1.01. The van der Waals surface area contributed by atoms with Crippen molar-refractivity contribution in [3.05, 3.63) is 58.6 Å². The maximum absolute atomic E-state index is 13.0. The normalized spacial score (nSPS) is 16.4. The summed E-state index contributed by atoms with van der Waals surface area (Å²) in [6.45, 7) is 5.49. The number of urea groups is 1. The third kappa shape index (κ3) is 4.99. The predicted molar refractivity (Wildman–Crippen MR) is 119 cm³/mol. The molecule has 0 radical (unpaired) electrons. The SMILES string of the molecule is CC[C@@H](C)c1ccc(S(=O)(=O)N2CCN(C(=O)Nc3ccccc3Br)CC2)cc1. The number of benzene rings is 2. The highest BCUT2D eigenvalue weighted by Gasteiger charge is 2.30. The summed E-state index contributed by atoms with van der Waals surface area (Å²) in [4.78, 5) is 14.4. The zero-order valence-electron chi connectivity index (χ0n) is 16.6. The molecule has 1 saturated heterocycles. The van der Waals surface area contributed by atoms with E-state index in [4.69, 9.17) is 0 Å². The van der Waals surface area contributed by atoms with Crippen LogP contribution in [0.25, 0.3) is 0 Å². The van der Waals surface area contributed by atoms with Crippen LogP contribution in [0.2, 0.25) is 0 Å². The molecule has 8 heteroatoms. The van der Waals surface area contributed by atoms with E-state index in [-0.39, 0.29) is 19.1 Å². The smallest absolute Gasteiger partial charge is 0.321 e. The van der Waals surface area contributed by atoms with Gasteiger partial charge in [0, 0.05) is 30.7 Å². The van der Waals surface area contributed by atoms with Crippen molar-refractivity contribution in [3.63, 3.8) is 0 Å². The number of amides is 2. The number of hydrogen-bond donors (Lipinski definition) is 1. The lowest BCUT2D eigenvalue weighted by atomic mass is 9.99. The van der Waals surface area contributed by atoms with E-state index in [0.29, 0.717) is 29.6 Å². The summed E-state index contributed by atoms with van der Waals surface area (Å²) in [6, 6.07) is 14.3. The predicted octanol–water partition coefficient (Wildman–Crippen LogP) is 4.50. The molecule has 0 aliphatic carbocycles. The van der Waals surface area contributed by atoms with E-state index >= 15 is 0 Å². The molecule has 1 atom stereocenters. The van der Waals surface area contributed by atoms with E-state index in [2.05, 4.69) is 35.1 Å². The van der Waals surface area contributed by atoms with Crippen LogP contribution in [0.4, 0.5) is 10.5 Å². The molecule has 1 fully saturated rings. The van der Waals surface area contributed by atoms with Crippen molar-refractivity contribution in [2.24, 2.45) is 0 Å². The Morgan fingerprint density at radius 3 is 2.28 bits per heavy atom. The highest BCUT2D eigenvalue weighted by molar-refractivity contribution is 9.10. The Morgan fingerprint density at radius 2 is 1.69 bits per heavy atom. The monoisotopic (exact) mass is 479 g/mol. The number of halogens is 1. The second kappa shape index (κ2) is 9.28. The fraction of sp³-hybridized carbons (Fsp3) is 0.381. The molecule has 0 saturated carbocycles. The molecule has 1 heterocycles. The highest BCUT2D eigenvalue weighted by Crippen LogP contribution is 2.24. The molecule has 0 unspecified atom stereocenters. The number of hydrogen-bond acceptors (Lipinski definition) is 3. The Morgan fingerprint density at radius 1 is 1.07 bits per heavy atom. The van der Waals surface area contributed by atoms with Gasteiger partial charge >= 0.3 is 6.03 Å². The second-order valence-corrected chi connectivity index (χ2v) is 9.97. The van der Waals surface area contributed by atoms with Crippen molar-refractivity contribution >= 4 is 37.7 Å². The zero-order valence-corrected chi connectivity index (χ0v) is 19.0. The summed E-state index contributed by atoms with van der Waals surface area (Å²) in [5, 5.41) is 2.86. The van der Waals surface area contributed by atoms with Crippen molar-refractivity contribution in [1.29, 1.82) is 0 Å². The minimum Gasteiger partial charge on any atom is -0.322 e. The number of nitrogens with one attached hydrogen (secondary N) is 1. The van der Waals surface area contributed by atoms with Crippen LogP contribution in [-0.2, 0) is 10.0 Å². The quantitative estimate of drug-likeness (QED) is 0.685. The van der Waals surface area contributed by atoms with Crippen LogP contribution in [0.5, 0.6) is 0 Å². The van der Waals surface area contributed by atoms with Crippen molar-refractivity contribution in [2.75, 3.05) is 31.5 Å². The lowest BCUT2D eigenvalue weighted by Crippen LogP contribution is -2.51. The van der Waals surface area contributed by atoms with Gasteiger partial charge in [-0.25, -0.2) is 13.2 Å². The van der Waals surface area contributed by atoms with Gasteiger partial charge in [0.2, 0.25) is 10.0 Å². The summed E-state index contributed by atoms with van der Waals surface area (Å²) in [7, 11) is -3.56. The Kier molecular flexibility index (Phi) is 6.97. The number of carbonyl (C=O) groups is 1. The largest absolute Gasteiger partial charge is 0.322 e. The Bertz CT molecular complexity index is 955. The molecule has 2 amide bonds. The molecule has 1 aliphatic rings. The summed E-state index contributed by atoms with van der Waals surface area (Å²) in [5.41, 5.74) is 1.83. The van der Waals surface area contributed by atoms with Crippen LogP contribution in [-0.4, -0.2) is 49.8 Å². The van der Waals surface area contributed by atoms with Gasteiger partial charge in [-0.05, 0) is 58.1 Å². The Labute approximate surface area is 181 Å². The topological polar surface area (TPSA) is 69.7 Å². The van der Waals surface area contributed by atoms with Crippen LogP contribution in [0.1, 0.15) is 31.7 Å². The molecule has 6 nitrogen and oxygen atoms in total. The van der Waals surface area contributed by atoms with Crippen molar-refractivity contribution in [1.82, 2.24) is 9.21 Å². The maximum atomic E-state index is 13.0. The molecule has 1 N–H and O–H groups in total. The van der Waals surface area contributed by atoms with E-state index in [1.165, 1.54) is 4.31 Å². The van der Waals surface area contributed by atoms with Gasteiger partial charge in [0.05, 0.1) is 10.6 Å². The average molecular weight is 480 g/mol. The molecule has 1 aliphatic heterocycles. The van der Waals surface area contributed by atoms with E-state index in [9.17, 15) is 13.2 Å². The zero-order chi connectivity index (χ0) is 21.0. The first-order chi connectivity index (χ1) is 13.8. The number of sulfonamides is 1. The second-order valence-electron chi connectivity index (χ2n) is 7.18. The van der Waals surface area contributed by atoms with E-state index < -0.39 is 10.0 Å². The van der Waals surface area contributed by atoms with Gasteiger partial charge in [-0.2, -0.15) is 4.31 Å². The average Bonchev–Trinajstić information content (AvgIpc) is 2.75. The Balaban J connectivity index is 1.62. The lowest BCUT2D eigenvalue weighted by Gasteiger charge is -2.34. The fourth-order valence-electron chi connectivity index (χ4n) is 3.24. The van der Waals surface area contributed by atoms with Crippen LogP contribution in [0.3, 0.4) is 0 Å². The van der Waals surface area contributed by atoms with Crippen LogP contribution in [0, 0.1) is 0 Å². The number of nitrogens with zero attached hydrogens (tertiary/aromatic N) is 2. The molecule has 29 heavy (non-hydrogen) atoms. The molecule has 156 valence electrons. The number of para-hydroxylation sites is 1. The molecular weight excluding hydrogens is 454 g/mol. The van der Waals surface area contributed by atoms with Gasteiger partial charge in [0.25, 0.3) is 0 Å². The lowest BCUT2D eigenvalue weighted by molar-refractivity contribution is 0.184. The van der Waals surface area contributed by atoms with Gasteiger partial charge in [-0.15, -0.1) is 0 Å². The minimum absolute atomic E-state index is 0.230. The van der Waals surface area contributed by atoms with Gasteiger partial charge < -0.3 is 10.2 Å². The third-order valence-corrected chi connectivity index (χ3v) is 7.94. The van der Waals surface area contributed by atoms with Crippen molar-refractivity contribution < 1.29 is 13.2 Å². The van der Waals surface area contributed by atoms with E-state index in [1.807, 2.05) is 36.4 Å². The Hall–Kier alpha value is -1.90. The number of piperazine rings is 1.